The average Bonchev–Trinajstić information content (AvgIpc) is 2.75. The highest BCUT2D eigenvalue weighted by Crippen LogP contribution is 2.18. The van der Waals surface area contributed by atoms with Gasteiger partial charge >= 0.3 is 6.03 Å². The van der Waals surface area contributed by atoms with E-state index in [9.17, 15) is 14.0 Å². The van der Waals surface area contributed by atoms with Crippen LogP contribution in [0.5, 0.6) is 0 Å². The Morgan fingerprint density at radius 1 is 1.17 bits per heavy atom. The molecule has 0 saturated heterocycles. The van der Waals surface area contributed by atoms with Crippen LogP contribution in [0.25, 0.3) is 0 Å². The highest BCUT2D eigenvalue weighted by molar-refractivity contribution is 5.94. The Balaban J connectivity index is 1.59. The molecule has 1 aliphatic heterocycles. The minimum absolute atomic E-state index is 0.00345. The van der Waals surface area contributed by atoms with Crippen molar-refractivity contribution in [3.63, 3.8) is 0 Å². The molecule has 0 spiro atoms. The molecular weight excluding hydrogens is 383 g/mol. The van der Waals surface area contributed by atoms with Gasteiger partial charge in [0.05, 0.1) is 5.56 Å². The Morgan fingerprint density at radius 2 is 1.90 bits per heavy atom. The molecule has 160 valence electrons. The van der Waals surface area contributed by atoms with E-state index in [-0.39, 0.29) is 17.6 Å². The first-order valence-corrected chi connectivity index (χ1v) is 10.2. The maximum absolute atomic E-state index is 14.3. The molecule has 0 aliphatic carbocycles. The molecule has 0 unspecified atom stereocenters. The van der Waals surface area contributed by atoms with E-state index in [0.29, 0.717) is 26.1 Å². The van der Waals surface area contributed by atoms with Crippen LogP contribution >= 0.6 is 0 Å². The van der Waals surface area contributed by atoms with E-state index in [1.165, 1.54) is 30.3 Å². The fourth-order valence-corrected chi connectivity index (χ4v) is 3.70. The van der Waals surface area contributed by atoms with Crippen molar-refractivity contribution < 1.29 is 14.0 Å². The van der Waals surface area contributed by atoms with Gasteiger partial charge < -0.3 is 20.4 Å². The predicted molar refractivity (Wildman–Crippen MR) is 115 cm³/mol. The van der Waals surface area contributed by atoms with Gasteiger partial charge in [0.1, 0.15) is 5.82 Å². The van der Waals surface area contributed by atoms with E-state index >= 15 is 0 Å². The number of hydrogen-bond donors (Lipinski definition) is 2. The highest BCUT2D eigenvalue weighted by Gasteiger charge is 2.22. The molecule has 1 atom stereocenters. The molecule has 2 aromatic rings. The van der Waals surface area contributed by atoms with Crippen molar-refractivity contribution in [2.24, 2.45) is 0 Å². The Morgan fingerprint density at radius 3 is 2.57 bits per heavy atom. The van der Waals surface area contributed by atoms with E-state index in [1.807, 2.05) is 36.0 Å². The number of hydrogen-bond acceptors (Lipinski definition) is 3. The first kappa shape index (κ1) is 21.8. The minimum atomic E-state index is -0.541. The summed E-state index contributed by atoms with van der Waals surface area (Å²) in [6.07, 6.45) is 1.42. The van der Waals surface area contributed by atoms with Gasteiger partial charge in [-0.2, -0.15) is 0 Å². The van der Waals surface area contributed by atoms with Crippen LogP contribution in [-0.2, 0) is 19.4 Å². The van der Waals surface area contributed by atoms with Gasteiger partial charge in [-0.25, -0.2) is 9.18 Å². The quantitative estimate of drug-likeness (QED) is 0.766. The summed E-state index contributed by atoms with van der Waals surface area (Å²) in [5.74, 6) is -0.987. The molecule has 2 N–H and O–H groups in total. The summed E-state index contributed by atoms with van der Waals surface area (Å²) in [7, 11) is 5.34. The Bertz CT molecular complexity index is 916. The number of halogens is 1. The van der Waals surface area contributed by atoms with Gasteiger partial charge in [-0.15, -0.1) is 0 Å². The predicted octanol–water partition coefficient (Wildman–Crippen LogP) is 2.43. The summed E-state index contributed by atoms with van der Waals surface area (Å²) in [5.41, 5.74) is 3.30. The Hall–Kier alpha value is -2.93. The number of urea groups is 1. The molecule has 2 aromatic carbocycles. The minimum Gasteiger partial charge on any atom is -0.355 e. The van der Waals surface area contributed by atoms with Crippen LogP contribution in [0.1, 0.15) is 27.0 Å². The monoisotopic (exact) mass is 412 g/mol. The standard InChI is InChI=1S/C23H29FN4O2/c1-25-22(29)20-9-8-16(13-21(20)24)12-19(27(2)3)14-26-23(30)28-11-10-17-6-4-5-7-18(17)15-28/h4-9,13,19H,10-12,14-15H2,1-3H3,(H,25,29)(H,26,30)/t19-/m0/s1. The van der Waals surface area contributed by atoms with Crippen LogP contribution in [0.3, 0.4) is 0 Å². The number of carbonyl (C=O) groups is 2. The molecular formula is C23H29FN4O2. The van der Waals surface area contributed by atoms with Crippen molar-refractivity contribution in [1.29, 1.82) is 0 Å². The highest BCUT2D eigenvalue weighted by atomic mass is 19.1. The number of likely N-dealkylation sites (N-methyl/N-ethyl adjacent to an activating group) is 1. The fourth-order valence-electron chi connectivity index (χ4n) is 3.70. The van der Waals surface area contributed by atoms with E-state index in [2.05, 4.69) is 22.8 Å². The molecule has 1 heterocycles. The Labute approximate surface area is 177 Å². The third-order valence-corrected chi connectivity index (χ3v) is 5.61. The smallest absolute Gasteiger partial charge is 0.317 e. The number of benzene rings is 2. The molecule has 0 radical (unpaired) electrons. The second kappa shape index (κ2) is 9.71. The number of carbonyl (C=O) groups excluding carboxylic acids is 2. The van der Waals surface area contributed by atoms with Crippen molar-refractivity contribution in [3.8, 4) is 0 Å². The van der Waals surface area contributed by atoms with E-state index in [4.69, 9.17) is 0 Å². The molecule has 3 rings (SSSR count). The van der Waals surface area contributed by atoms with Crippen LogP contribution in [-0.4, -0.2) is 62.0 Å². The van der Waals surface area contributed by atoms with Crippen molar-refractivity contribution in [2.45, 2.75) is 25.4 Å². The van der Waals surface area contributed by atoms with E-state index in [1.54, 1.807) is 6.07 Å². The van der Waals surface area contributed by atoms with Gasteiger partial charge in [0.15, 0.2) is 0 Å². The van der Waals surface area contributed by atoms with Crippen molar-refractivity contribution in [1.82, 2.24) is 20.4 Å². The normalized spacial score (nSPS) is 14.2. The number of rotatable bonds is 6. The van der Waals surface area contributed by atoms with Gasteiger partial charge in [0.25, 0.3) is 5.91 Å². The van der Waals surface area contributed by atoms with Crippen molar-refractivity contribution >= 4 is 11.9 Å². The summed E-state index contributed by atoms with van der Waals surface area (Å²) >= 11 is 0. The number of amides is 3. The summed E-state index contributed by atoms with van der Waals surface area (Å²) < 4.78 is 14.3. The molecule has 0 bridgehead atoms. The fraction of sp³-hybridized carbons (Fsp3) is 0.391. The third kappa shape index (κ3) is 5.16. The van der Waals surface area contributed by atoms with E-state index in [0.717, 1.165) is 12.0 Å². The summed E-state index contributed by atoms with van der Waals surface area (Å²) in [6, 6.07) is 12.8. The zero-order valence-corrected chi connectivity index (χ0v) is 17.7. The lowest BCUT2D eigenvalue weighted by Gasteiger charge is -2.31. The average molecular weight is 413 g/mol. The van der Waals surface area contributed by atoms with Crippen LogP contribution in [0.4, 0.5) is 9.18 Å². The molecule has 3 amide bonds. The lowest BCUT2D eigenvalue weighted by Crippen LogP contribution is -2.48. The van der Waals surface area contributed by atoms with E-state index < -0.39 is 11.7 Å². The van der Waals surface area contributed by atoms with Gasteiger partial charge in [-0.3, -0.25) is 4.79 Å². The second-order valence-electron chi connectivity index (χ2n) is 7.84. The number of fused-ring (bicyclic) bond motifs is 1. The molecule has 0 fully saturated rings. The molecule has 0 saturated carbocycles. The SMILES string of the molecule is CNC(=O)c1ccc(C[C@@H](CNC(=O)N2CCc3ccccc3C2)N(C)C)cc1F. The lowest BCUT2D eigenvalue weighted by atomic mass is 10.0. The zero-order valence-electron chi connectivity index (χ0n) is 17.7. The summed E-state index contributed by atoms with van der Waals surface area (Å²) in [4.78, 5) is 28.2. The second-order valence-corrected chi connectivity index (χ2v) is 7.84. The van der Waals surface area contributed by atoms with Gasteiger partial charge in [-0.1, -0.05) is 30.3 Å². The maximum Gasteiger partial charge on any atom is 0.317 e. The molecule has 30 heavy (non-hydrogen) atoms. The Kier molecular flexibility index (Phi) is 7.05. The number of nitrogens with one attached hydrogen (secondary N) is 2. The molecule has 6 nitrogen and oxygen atoms in total. The van der Waals surface area contributed by atoms with Gasteiger partial charge in [-0.05, 0) is 55.8 Å². The topological polar surface area (TPSA) is 64.7 Å². The largest absolute Gasteiger partial charge is 0.355 e. The van der Waals surface area contributed by atoms with Gasteiger partial charge in [0.2, 0.25) is 0 Å². The molecule has 1 aliphatic rings. The first-order chi connectivity index (χ1) is 14.4. The number of nitrogens with zero attached hydrogens (tertiary/aromatic N) is 2. The third-order valence-electron chi connectivity index (χ3n) is 5.61. The maximum atomic E-state index is 14.3. The zero-order chi connectivity index (χ0) is 21.7. The molecule has 0 aromatic heterocycles. The first-order valence-electron chi connectivity index (χ1n) is 10.2. The van der Waals surface area contributed by atoms with Crippen LogP contribution in [0.2, 0.25) is 0 Å². The van der Waals surface area contributed by atoms with Crippen molar-refractivity contribution in [3.05, 3.63) is 70.5 Å². The summed E-state index contributed by atoms with van der Waals surface area (Å²) in [5, 5.41) is 5.46. The van der Waals surface area contributed by atoms with Crippen LogP contribution < -0.4 is 10.6 Å². The lowest BCUT2D eigenvalue weighted by molar-refractivity contribution is 0.0959. The van der Waals surface area contributed by atoms with Crippen molar-refractivity contribution in [2.75, 3.05) is 34.2 Å². The van der Waals surface area contributed by atoms with Crippen LogP contribution in [0, 0.1) is 5.82 Å². The molecule has 7 heteroatoms. The summed E-state index contributed by atoms with van der Waals surface area (Å²) in [6.45, 7) is 1.76. The van der Waals surface area contributed by atoms with Gasteiger partial charge in [0, 0.05) is 32.7 Å². The van der Waals surface area contributed by atoms with Crippen LogP contribution in [0.15, 0.2) is 42.5 Å².